The van der Waals surface area contributed by atoms with Crippen LogP contribution in [0.2, 0.25) is 0 Å². The van der Waals surface area contributed by atoms with Crippen LogP contribution in [0.1, 0.15) is 46.5 Å². The first-order chi connectivity index (χ1) is 6.04. The molecule has 0 spiro atoms. The van der Waals surface area contributed by atoms with E-state index < -0.39 is 5.97 Å². The molecular formula is C10H20O2S. The molecule has 0 aromatic heterocycles. The van der Waals surface area contributed by atoms with Gasteiger partial charge < -0.3 is 5.11 Å². The molecule has 0 aromatic carbocycles. The van der Waals surface area contributed by atoms with E-state index in [1.165, 1.54) is 0 Å². The van der Waals surface area contributed by atoms with Gasteiger partial charge in [0.2, 0.25) is 0 Å². The highest BCUT2D eigenvalue weighted by Gasteiger charge is 2.23. The van der Waals surface area contributed by atoms with Crippen molar-refractivity contribution in [3.8, 4) is 0 Å². The summed E-state index contributed by atoms with van der Waals surface area (Å²) in [4.78, 5) is 10.4. The van der Waals surface area contributed by atoms with Crippen molar-refractivity contribution in [2.75, 3.05) is 5.75 Å². The number of thioether (sulfide) groups is 1. The molecule has 0 saturated heterocycles. The van der Waals surface area contributed by atoms with E-state index >= 15 is 0 Å². The third-order valence-corrected chi connectivity index (χ3v) is 3.60. The second-order valence-corrected chi connectivity index (χ2v) is 5.20. The summed E-state index contributed by atoms with van der Waals surface area (Å²) in [7, 11) is 0. The lowest BCUT2D eigenvalue weighted by Gasteiger charge is -2.27. The second kappa shape index (κ2) is 6.30. The Morgan fingerprint density at radius 2 is 1.77 bits per heavy atom. The van der Waals surface area contributed by atoms with Gasteiger partial charge in [-0.05, 0) is 12.8 Å². The molecule has 0 radical (unpaired) electrons. The maximum absolute atomic E-state index is 10.4. The number of carbonyl (C=O) groups is 1. The van der Waals surface area contributed by atoms with Gasteiger partial charge >= 0.3 is 5.97 Å². The maximum Gasteiger partial charge on any atom is 0.313 e. The first kappa shape index (κ1) is 12.8. The Balaban J connectivity index is 3.98. The van der Waals surface area contributed by atoms with Gasteiger partial charge in [0.15, 0.2) is 0 Å². The summed E-state index contributed by atoms with van der Waals surface area (Å²) in [5, 5.41) is 8.59. The first-order valence-corrected chi connectivity index (χ1v) is 5.88. The normalized spacial score (nSPS) is 11.6. The quantitative estimate of drug-likeness (QED) is 0.692. The van der Waals surface area contributed by atoms with Crippen LogP contribution in [0.4, 0.5) is 0 Å². The number of carboxylic acids is 1. The van der Waals surface area contributed by atoms with Crippen molar-refractivity contribution in [3.63, 3.8) is 0 Å². The van der Waals surface area contributed by atoms with Crippen molar-refractivity contribution in [3.05, 3.63) is 0 Å². The molecule has 0 aliphatic rings. The predicted molar refractivity (Wildman–Crippen MR) is 58.3 cm³/mol. The zero-order valence-electron chi connectivity index (χ0n) is 8.80. The van der Waals surface area contributed by atoms with E-state index in [1.807, 2.05) is 0 Å². The summed E-state index contributed by atoms with van der Waals surface area (Å²) in [5.41, 5.74) is 0. The third kappa shape index (κ3) is 5.97. The minimum absolute atomic E-state index is 0.169. The summed E-state index contributed by atoms with van der Waals surface area (Å²) in [5.74, 6) is -0.473. The zero-order chi connectivity index (χ0) is 10.3. The lowest BCUT2D eigenvalue weighted by Crippen LogP contribution is -2.21. The van der Waals surface area contributed by atoms with Crippen LogP contribution in [0, 0.1) is 0 Å². The Morgan fingerprint density at radius 3 is 2.08 bits per heavy atom. The highest BCUT2D eigenvalue weighted by atomic mass is 32.2. The van der Waals surface area contributed by atoms with Crippen LogP contribution in [0.15, 0.2) is 0 Å². The van der Waals surface area contributed by atoms with Crippen LogP contribution in [-0.2, 0) is 4.79 Å². The van der Waals surface area contributed by atoms with Gasteiger partial charge in [0.1, 0.15) is 0 Å². The minimum Gasteiger partial charge on any atom is -0.481 e. The highest BCUT2D eigenvalue weighted by Crippen LogP contribution is 2.34. The van der Waals surface area contributed by atoms with E-state index in [2.05, 4.69) is 20.8 Å². The van der Waals surface area contributed by atoms with Gasteiger partial charge in [-0.25, -0.2) is 0 Å². The highest BCUT2D eigenvalue weighted by molar-refractivity contribution is 8.01. The summed E-state index contributed by atoms with van der Waals surface area (Å²) in [6, 6.07) is 0. The largest absolute Gasteiger partial charge is 0.481 e. The molecule has 0 aromatic rings. The smallest absolute Gasteiger partial charge is 0.313 e. The lowest BCUT2D eigenvalue weighted by molar-refractivity contribution is -0.133. The fourth-order valence-electron chi connectivity index (χ4n) is 1.56. The lowest BCUT2D eigenvalue weighted by atomic mass is 10.00. The average molecular weight is 204 g/mol. The molecule has 78 valence electrons. The monoisotopic (exact) mass is 204 g/mol. The molecule has 13 heavy (non-hydrogen) atoms. The molecule has 0 aliphatic carbocycles. The van der Waals surface area contributed by atoms with Crippen LogP contribution in [0.25, 0.3) is 0 Å². The van der Waals surface area contributed by atoms with Crippen LogP contribution in [0.3, 0.4) is 0 Å². The molecule has 0 fully saturated rings. The first-order valence-electron chi connectivity index (χ1n) is 4.90. The molecule has 0 saturated carbocycles. The van der Waals surface area contributed by atoms with E-state index in [0.29, 0.717) is 0 Å². The summed E-state index contributed by atoms with van der Waals surface area (Å²) in [6.07, 6.45) is 4.48. The Hall–Kier alpha value is -0.180. The van der Waals surface area contributed by atoms with Crippen molar-refractivity contribution >= 4 is 17.7 Å². The number of hydrogen-bond acceptors (Lipinski definition) is 2. The Bertz CT molecular complexity index is 151. The third-order valence-electron chi connectivity index (χ3n) is 2.10. The maximum atomic E-state index is 10.4. The van der Waals surface area contributed by atoms with E-state index in [-0.39, 0.29) is 10.5 Å². The standard InChI is InChI=1S/C10H20O2S/c1-4-6-10(3,7-5-2)13-8-9(11)12/h4-8H2,1-3H3,(H,11,12). The van der Waals surface area contributed by atoms with Crippen molar-refractivity contribution in [2.24, 2.45) is 0 Å². The molecule has 3 heteroatoms. The SMILES string of the molecule is CCCC(C)(CCC)SCC(=O)O. The van der Waals surface area contributed by atoms with Gasteiger partial charge in [-0.1, -0.05) is 33.6 Å². The fourth-order valence-corrected chi connectivity index (χ4v) is 2.73. The molecule has 2 nitrogen and oxygen atoms in total. The molecule has 0 aliphatic heterocycles. The van der Waals surface area contributed by atoms with Gasteiger partial charge in [-0.15, -0.1) is 11.8 Å². The Labute approximate surface area is 85.1 Å². The van der Waals surface area contributed by atoms with Gasteiger partial charge in [0, 0.05) is 4.75 Å². The number of hydrogen-bond donors (Lipinski definition) is 1. The van der Waals surface area contributed by atoms with Crippen molar-refractivity contribution in [1.82, 2.24) is 0 Å². The molecule has 1 N–H and O–H groups in total. The number of rotatable bonds is 7. The fraction of sp³-hybridized carbons (Fsp3) is 0.900. The molecular weight excluding hydrogens is 184 g/mol. The van der Waals surface area contributed by atoms with Crippen LogP contribution >= 0.6 is 11.8 Å². The second-order valence-electron chi connectivity index (χ2n) is 3.63. The number of aliphatic carboxylic acids is 1. The van der Waals surface area contributed by atoms with Crippen molar-refractivity contribution in [2.45, 2.75) is 51.2 Å². The Morgan fingerprint density at radius 1 is 1.31 bits per heavy atom. The summed E-state index contributed by atoms with van der Waals surface area (Å²) < 4.78 is 0.169. The van der Waals surface area contributed by atoms with E-state index in [9.17, 15) is 4.79 Å². The van der Waals surface area contributed by atoms with Crippen LogP contribution < -0.4 is 0 Å². The molecule has 0 atom stereocenters. The van der Waals surface area contributed by atoms with Crippen molar-refractivity contribution < 1.29 is 9.90 Å². The number of carboxylic acid groups (broad SMARTS) is 1. The summed E-state index contributed by atoms with van der Waals surface area (Å²) in [6.45, 7) is 6.47. The van der Waals surface area contributed by atoms with E-state index in [1.54, 1.807) is 11.8 Å². The average Bonchev–Trinajstić information content (AvgIpc) is 2.02. The molecule has 0 amide bonds. The van der Waals surface area contributed by atoms with Gasteiger partial charge in [-0.2, -0.15) is 0 Å². The van der Waals surface area contributed by atoms with Gasteiger partial charge in [0.05, 0.1) is 5.75 Å². The van der Waals surface area contributed by atoms with Crippen LogP contribution in [0.5, 0.6) is 0 Å². The molecule has 0 rings (SSSR count). The topological polar surface area (TPSA) is 37.3 Å². The van der Waals surface area contributed by atoms with Gasteiger partial charge in [-0.3, -0.25) is 4.79 Å². The predicted octanol–water partition coefficient (Wildman–Crippen LogP) is 3.16. The Kier molecular flexibility index (Phi) is 6.21. The van der Waals surface area contributed by atoms with E-state index in [0.717, 1.165) is 25.7 Å². The van der Waals surface area contributed by atoms with Crippen molar-refractivity contribution in [1.29, 1.82) is 0 Å². The summed E-state index contributed by atoms with van der Waals surface area (Å²) >= 11 is 1.58. The van der Waals surface area contributed by atoms with Gasteiger partial charge in [0.25, 0.3) is 0 Å². The zero-order valence-corrected chi connectivity index (χ0v) is 9.62. The minimum atomic E-state index is -0.705. The van der Waals surface area contributed by atoms with Crippen LogP contribution in [-0.4, -0.2) is 21.6 Å². The molecule has 0 unspecified atom stereocenters. The molecule has 0 bridgehead atoms. The van der Waals surface area contributed by atoms with E-state index in [4.69, 9.17) is 5.11 Å². The molecule has 0 heterocycles.